The maximum atomic E-state index is 5.85. The zero-order valence-electron chi connectivity index (χ0n) is 8.78. The largest absolute Gasteiger partial charge is 0.490 e. The van der Waals surface area contributed by atoms with Crippen molar-refractivity contribution in [2.45, 2.75) is 12.5 Å². The standard InChI is InChI=1S/C11H13ClN2O.ClH/c1-2-8-5-10(6-14-11(8)12)15-7-9-3-4-13-9;/h2,5-6,9,13H,1,3-4,7H2;1H/t9-;/m1./s1. The summed E-state index contributed by atoms with van der Waals surface area (Å²) < 4.78 is 5.58. The molecule has 0 aromatic carbocycles. The van der Waals surface area contributed by atoms with Crippen LogP contribution in [-0.4, -0.2) is 24.2 Å². The quantitative estimate of drug-likeness (QED) is 0.846. The lowest BCUT2D eigenvalue weighted by Crippen LogP contribution is -2.46. The van der Waals surface area contributed by atoms with Crippen molar-refractivity contribution in [3.63, 3.8) is 0 Å². The summed E-state index contributed by atoms with van der Waals surface area (Å²) in [5.74, 6) is 0.739. The highest BCUT2D eigenvalue weighted by Gasteiger charge is 2.16. The Hall–Kier alpha value is -0.770. The van der Waals surface area contributed by atoms with Gasteiger partial charge in [-0.2, -0.15) is 0 Å². The molecule has 0 amide bonds. The Balaban J connectivity index is 0.00000128. The molecule has 2 heterocycles. The third kappa shape index (κ3) is 3.11. The van der Waals surface area contributed by atoms with Crippen LogP contribution in [0.2, 0.25) is 5.15 Å². The predicted molar refractivity (Wildman–Crippen MR) is 68.5 cm³/mol. The van der Waals surface area contributed by atoms with Gasteiger partial charge in [0.25, 0.3) is 0 Å². The smallest absolute Gasteiger partial charge is 0.138 e. The van der Waals surface area contributed by atoms with Crippen molar-refractivity contribution in [2.24, 2.45) is 0 Å². The van der Waals surface area contributed by atoms with E-state index < -0.39 is 0 Å². The number of hydrogen-bond acceptors (Lipinski definition) is 3. The Morgan fingerprint density at radius 3 is 3.00 bits per heavy atom. The van der Waals surface area contributed by atoms with Gasteiger partial charge in [-0.25, -0.2) is 4.98 Å². The molecule has 0 unspecified atom stereocenters. The summed E-state index contributed by atoms with van der Waals surface area (Å²) in [6.45, 7) is 5.43. The van der Waals surface area contributed by atoms with E-state index in [1.165, 1.54) is 6.42 Å². The fraction of sp³-hybridized carbons (Fsp3) is 0.364. The Kier molecular flexibility index (Phi) is 5.06. The van der Waals surface area contributed by atoms with Gasteiger partial charge in [0, 0.05) is 11.6 Å². The van der Waals surface area contributed by atoms with Crippen LogP contribution in [0.5, 0.6) is 5.75 Å². The first-order valence-corrected chi connectivity index (χ1v) is 5.31. The van der Waals surface area contributed by atoms with E-state index in [0.29, 0.717) is 17.8 Å². The zero-order chi connectivity index (χ0) is 10.7. The topological polar surface area (TPSA) is 34.1 Å². The van der Waals surface area contributed by atoms with Crippen LogP contribution in [0.25, 0.3) is 6.08 Å². The highest BCUT2D eigenvalue weighted by atomic mass is 35.5. The zero-order valence-corrected chi connectivity index (χ0v) is 10.4. The van der Waals surface area contributed by atoms with Crippen LogP contribution < -0.4 is 10.1 Å². The number of halogens is 2. The minimum absolute atomic E-state index is 0. The summed E-state index contributed by atoms with van der Waals surface area (Å²) in [7, 11) is 0. The lowest BCUT2D eigenvalue weighted by Gasteiger charge is -2.27. The van der Waals surface area contributed by atoms with Gasteiger partial charge < -0.3 is 10.1 Å². The molecule has 2 rings (SSSR count). The van der Waals surface area contributed by atoms with Crippen LogP contribution in [-0.2, 0) is 0 Å². The van der Waals surface area contributed by atoms with Gasteiger partial charge in [0.05, 0.1) is 6.20 Å². The molecule has 3 nitrogen and oxygen atoms in total. The average Bonchev–Trinajstić information content (AvgIpc) is 2.18. The lowest BCUT2D eigenvalue weighted by atomic mass is 10.1. The first-order chi connectivity index (χ1) is 7.29. The molecule has 1 fully saturated rings. The van der Waals surface area contributed by atoms with Crippen LogP contribution in [0.1, 0.15) is 12.0 Å². The monoisotopic (exact) mass is 260 g/mol. The number of nitrogens with zero attached hydrogens (tertiary/aromatic N) is 1. The second-order valence-corrected chi connectivity index (χ2v) is 3.86. The van der Waals surface area contributed by atoms with E-state index in [-0.39, 0.29) is 12.4 Å². The van der Waals surface area contributed by atoms with E-state index in [0.717, 1.165) is 17.9 Å². The minimum atomic E-state index is 0. The number of nitrogens with one attached hydrogen (secondary N) is 1. The van der Waals surface area contributed by atoms with Gasteiger partial charge in [0.1, 0.15) is 17.5 Å². The molecular weight excluding hydrogens is 247 g/mol. The fourth-order valence-electron chi connectivity index (χ4n) is 1.35. The van der Waals surface area contributed by atoms with Gasteiger partial charge in [0.2, 0.25) is 0 Å². The molecule has 1 atom stereocenters. The van der Waals surface area contributed by atoms with Crippen LogP contribution in [0.15, 0.2) is 18.8 Å². The van der Waals surface area contributed by atoms with Gasteiger partial charge in [0.15, 0.2) is 0 Å². The number of pyridine rings is 1. The van der Waals surface area contributed by atoms with Crippen LogP contribution in [0, 0.1) is 0 Å². The molecule has 0 saturated carbocycles. The minimum Gasteiger partial charge on any atom is -0.490 e. The van der Waals surface area contributed by atoms with Crippen molar-refractivity contribution in [3.05, 3.63) is 29.6 Å². The Morgan fingerprint density at radius 1 is 1.69 bits per heavy atom. The highest BCUT2D eigenvalue weighted by molar-refractivity contribution is 6.30. The highest BCUT2D eigenvalue weighted by Crippen LogP contribution is 2.20. The summed E-state index contributed by atoms with van der Waals surface area (Å²) in [5, 5.41) is 3.72. The molecule has 1 saturated heterocycles. The summed E-state index contributed by atoms with van der Waals surface area (Å²) in [4.78, 5) is 4.02. The van der Waals surface area contributed by atoms with E-state index in [9.17, 15) is 0 Å². The molecule has 1 aromatic heterocycles. The summed E-state index contributed by atoms with van der Waals surface area (Å²) in [5.41, 5.74) is 0.802. The molecule has 0 radical (unpaired) electrons. The molecule has 1 N–H and O–H groups in total. The Bertz CT molecular complexity index is 367. The lowest BCUT2D eigenvalue weighted by molar-refractivity contribution is 0.217. The van der Waals surface area contributed by atoms with E-state index in [2.05, 4.69) is 16.9 Å². The molecule has 1 aliphatic rings. The first kappa shape index (κ1) is 13.3. The second kappa shape index (κ2) is 6.09. The summed E-state index contributed by atoms with van der Waals surface area (Å²) in [6.07, 6.45) is 4.48. The van der Waals surface area contributed by atoms with Crippen molar-refractivity contribution in [1.82, 2.24) is 10.3 Å². The number of aromatic nitrogens is 1. The molecular formula is C11H14Cl2N2O. The van der Waals surface area contributed by atoms with Gasteiger partial charge in [-0.1, -0.05) is 24.3 Å². The van der Waals surface area contributed by atoms with Crippen molar-refractivity contribution in [3.8, 4) is 5.75 Å². The Labute approximate surface area is 106 Å². The van der Waals surface area contributed by atoms with Crippen molar-refractivity contribution in [1.29, 1.82) is 0 Å². The normalized spacial score (nSPS) is 18.2. The van der Waals surface area contributed by atoms with Crippen LogP contribution >= 0.6 is 24.0 Å². The van der Waals surface area contributed by atoms with Crippen molar-refractivity contribution >= 4 is 30.1 Å². The van der Waals surface area contributed by atoms with Gasteiger partial charge in [-0.15, -0.1) is 12.4 Å². The third-order valence-electron chi connectivity index (χ3n) is 2.44. The molecule has 0 aliphatic carbocycles. The SMILES string of the molecule is C=Cc1cc(OC[C@H]2CCN2)cnc1Cl.Cl. The number of hydrogen-bond donors (Lipinski definition) is 1. The van der Waals surface area contributed by atoms with Crippen molar-refractivity contribution in [2.75, 3.05) is 13.2 Å². The molecule has 0 spiro atoms. The van der Waals surface area contributed by atoms with Gasteiger partial charge in [-0.05, 0) is 19.0 Å². The second-order valence-electron chi connectivity index (χ2n) is 3.51. The maximum absolute atomic E-state index is 5.85. The molecule has 1 aromatic rings. The van der Waals surface area contributed by atoms with E-state index >= 15 is 0 Å². The number of ether oxygens (including phenoxy) is 1. The molecule has 0 bridgehead atoms. The molecule has 88 valence electrons. The predicted octanol–water partition coefficient (Wildman–Crippen LogP) is 2.54. The van der Waals surface area contributed by atoms with Crippen LogP contribution in [0.4, 0.5) is 0 Å². The summed E-state index contributed by atoms with van der Waals surface area (Å²) >= 11 is 5.85. The number of rotatable bonds is 4. The summed E-state index contributed by atoms with van der Waals surface area (Å²) in [6, 6.07) is 2.33. The molecule has 1 aliphatic heterocycles. The fourth-order valence-corrected chi connectivity index (χ4v) is 1.54. The van der Waals surface area contributed by atoms with Crippen molar-refractivity contribution < 1.29 is 4.74 Å². The van der Waals surface area contributed by atoms with E-state index in [1.807, 2.05) is 6.07 Å². The maximum Gasteiger partial charge on any atom is 0.138 e. The van der Waals surface area contributed by atoms with Crippen LogP contribution in [0.3, 0.4) is 0 Å². The third-order valence-corrected chi connectivity index (χ3v) is 2.75. The average molecular weight is 261 g/mol. The first-order valence-electron chi connectivity index (χ1n) is 4.94. The Morgan fingerprint density at radius 2 is 2.44 bits per heavy atom. The van der Waals surface area contributed by atoms with E-state index in [1.54, 1.807) is 12.3 Å². The van der Waals surface area contributed by atoms with Gasteiger partial charge in [-0.3, -0.25) is 0 Å². The van der Waals surface area contributed by atoms with E-state index in [4.69, 9.17) is 16.3 Å². The molecule has 5 heteroatoms. The molecule has 16 heavy (non-hydrogen) atoms. The van der Waals surface area contributed by atoms with Gasteiger partial charge >= 0.3 is 0 Å².